The van der Waals surface area contributed by atoms with Gasteiger partial charge in [-0.3, -0.25) is 4.74 Å². The van der Waals surface area contributed by atoms with Gasteiger partial charge in [0.2, 0.25) is 0 Å². The van der Waals surface area contributed by atoms with Crippen LogP contribution in [0.15, 0.2) is 0 Å². The van der Waals surface area contributed by atoms with Crippen LogP contribution >= 0.6 is 21.1 Å². The zero-order valence-electron chi connectivity index (χ0n) is 22.9. The summed E-state index contributed by atoms with van der Waals surface area (Å²) in [4.78, 5) is 11.8. The standard InChI is InChI=1S/C27H53O6PS/c1-5-8-10-12-13-14-15-17-19-21-23(20-18-16-11-9-6-2)22-25(35)32-24(7-3)33-27(29,34-30)26(28)31-4/h23-25,29,35H,5-22H2,1-4H3/p+1. The molecule has 1 N–H and O–H groups in total. The van der Waals surface area contributed by atoms with Gasteiger partial charge in [0, 0.05) is 0 Å². The average Bonchev–Trinajstić information content (AvgIpc) is 2.86. The fraction of sp³-hybridized carbons (Fsp3) is 0.963. The molecule has 0 rings (SSSR count). The van der Waals surface area contributed by atoms with Crippen molar-refractivity contribution in [3.05, 3.63) is 0 Å². The van der Waals surface area contributed by atoms with Crippen molar-refractivity contribution in [2.75, 3.05) is 7.11 Å². The summed E-state index contributed by atoms with van der Waals surface area (Å²) < 4.78 is 27.1. The Bertz CT molecular complexity index is 524. The number of thiol groups is 1. The van der Waals surface area contributed by atoms with Gasteiger partial charge in [0.25, 0.3) is 0 Å². The van der Waals surface area contributed by atoms with E-state index in [-0.39, 0.29) is 0 Å². The maximum atomic E-state index is 11.8. The summed E-state index contributed by atoms with van der Waals surface area (Å²) in [6.07, 6.45) is 20.8. The molecule has 0 bridgehead atoms. The maximum absolute atomic E-state index is 11.8. The Hall–Kier alpha value is -0.200. The molecule has 0 radical (unpaired) electrons. The molecule has 0 saturated carbocycles. The Labute approximate surface area is 222 Å². The summed E-state index contributed by atoms with van der Waals surface area (Å²) >= 11 is 4.64. The summed E-state index contributed by atoms with van der Waals surface area (Å²) in [5.41, 5.74) is -2.91. The molecular formula is C27H54O6PS+. The number of hydrogen-bond donors (Lipinski definition) is 2. The first-order valence-electron chi connectivity index (χ1n) is 14.1. The second-order valence-electron chi connectivity index (χ2n) is 9.71. The van der Waals surface area contributed by atoms with Crippen molar-refractivity contribution in [1.29, 1.82) is 0 Å². The molecule has 0 fully saturated rings. The van der Waals surface area contributed by atoms with Crippen LogP contribution in [0.25, 0.3) is 0 Å². The number of methoxy groups -OCH3 is 1. The molecule has 0 heterocycles. The fourth-order valence-electron chi connectivity index (χ4n) is 4.33. The molecule has 0 saturated heterocycles. The fourth-order valence-corrected chi connectivity index (χ4v) is 5.12. The molecule has 208 valence electrons. The molecule has 0 aliphatic heterocycles. The minimum Gasteiger partial charge on any atom is -0.461 e. The lowest BCUT2D eigenvalue weighted by Gasteiger charge is -2.26. The number of aliphatic hydroxyl groups is 1. The van der Waals surface area contributed by atoms with Gasteiger partial charge in [-0.05, 0) is 18.8 Å². The Morgan fingerprint density at radius 2 is 1.31 bits per heavy atom. The van der Waals surface area contributed by atoms with Gasteiger partial charge < -0.3 is 14.6 Å². The number of esters is 1. The summed E-state index contributed by atoms with van der Waals surface area (Å²) in [5.74, 6) is -0.582. The van der Waals surface area contributed by atoms with Gasteiger partial charge in [0.1, 0.15) is 5.44 Å². The normalized spacial score (nSPS) is 16.1. The highest BCUT2D eigenvalue weighted by Gasteiger charge is 2.51. The van der Waals surface area contributed by atoms with Gasteiger partial charge in [-0.25, -0.2) is 4.79 Å². The molecule has 0 aliphatic rings. The molecule has 0 amide bonds. The van der Waals surface area contributed by atoms with Crippen LogP contribution in [-0.2, 0) is 23.6 Å². The third-order valence-electron chi connectivity index (χ3n) is 6.51. The number of carbonyl (C=O) groups excluding carboxylic acids is 1. The lowest BCUT2D eigenvalue weighted by atomic mass is 9.91. The molecule has 35 heavy (non-hydrogen) atoms. The van der Waals surface area contributed by atoms with E-state index in [2.05, 4.69) is 31.2 Å². The smallest absolute Gasteiger partial charge is 0.461 e. The van der Waals surface area contributed by atoms with Crippen LogP contribution < -0.4 is 0 Å². The maximum Gasteiger partial charge on any atom is 0.472 e. The van der Waals surface area contributed by atoms with Crippen molar-refractivity contribution in [2.45, 2.75) is 154 Å². The van der Waals surface area contributed by atoms with Crippen molar-refractivity contribution in [3.63, 3.8) is 0 Å². The summed E-state index contributed by atoms with van der Waals surface area (Å²) in [6, 6.07) is 0. The van der Waals surface area contributed by atoms with Crippen LogP contribution in [0.4, 0.5) is 0 Å². The topological polar surface area (TPSA) is 82.1 Å². The van der Waals surface area contributed by atoms with E-state index in [1.807, 2.05) is 6.92 Å². The van der Waals surface area contributed by atoms with Gasteiger partial charge in [-0.1, -0.05) is 128 Å². The van der Waals surface area contributed by atoms with E-state index in [4.69, 9.17) is 9.47 Å². The minimum atomic E-state index is -2.52. The first kappa shape index (κ1) is 34.8. The lowest BCUT2D eigenvalue weighted by molar-refractivity contribution is -0.257. The van der Waals surface area contributed by atoms with Crippen LogP contribution in [0.2, 0.25) is 0 Å². The predicted molar refractivity (Wildman–Crippen MR) is 148 cm³/mol. The largest absolute Gasteiger partial charge is 0.472 e. The molecule has 0 aromatic heterocycles. The average molecular weight is 538 g/mol. The number of rotatable bonds is 25. The quantitative estimate of drug-likeness (QED) is 0.0402. The molecule has 0 spiro atoms. The van der Waals surface area contributed by atoms with Crippen molar-refractivity contribution in [3.8, 4) is 0 Å². The van der Waals surface area contributed by atoms with Crippen LogP contribution in [0, 0.1) is 5.92 Å². The summed E-state index contributed by atoms with van der Waals surface area (Å²) in [7, 11) is -0.312. The highest BCUT2D eigenvalue weighted by molar-refractivity contribution is 7.80. The van der Waals surface area contributed by atoms with E-state index in [1.165, 1.54) is 89.9 Å². The van der Waals surface area contributed by atoms with Crippen molar-refractivity contribution in [1.82, 2.24) is 0 Å². The number of ether oxygens (including phenoxy) is 3. The molecule has 5 atom stereocenters. The molecule has 6 nitrogen and oxygen atoms in total. The Morgan fingerprint density at radius 1 is 0.857 bits per heavy atom. The molecular weight excluding hydrogens is 483 g/mol. The van der Waals surface area contributed by atoms with Gasteiger partial charge >= 0.3 is 20.0 Å². The highest BCUT2D eigenvalue weighted by atomic mass is 32.1. The van der Waals surface area contributed by atoms with Crippen LogP contribution in [0.3, 0.4) is 0 Å². The number of unbranched alkanes of at least 4 members (excludes halogenated alkanes) is 12. The number of hydrogen-bond acceptors (Lipinski definition) is 7. The lowest BCUT2D eigenvalue weighted by Crippen LogP contribution is -2.41. The van der Waals surface area contributed by atoms with Crippen LogP contribution in [0.1, 0.15) is 136 Å². The first-order chi connectivity index (χ1) is 16.9. The molecule has 5 unspecified atom stereocenters. The van der Waals surface area contributed by atoms with E-state index in [0.717, 1.165) is 26.4 Å². The van der Waals surface area contributed by atoms with E-state index < -0.39 is 31.7 Å². The monoisotopic (exact) mass is 537 g/mol. The first-order valence-corrected chi connectivity index (χ1v) is 15.5. The zero-order valence-corrected chi connectivity index (χ0v) is 24.8. The molecule has 8 heteroatoms. The van der Waals surface area contributed by atoms with E-state index in [1.54, 1.807) is 0 Å². The second-order valence-corrected chi connectivity index (χ2v) is 11.2. The van der Waals surface area contributed by atoms with E-state index in [9.17, 15) is 14.5 Å². The minimum absolute atomic E-state index is 0.376. The van der Waals surface area contributed by atoms with E-state index in [0.29, 0.717) is 12.3 Å². The zero-order chi connectivity index (χ0) is 26.4. The third kappa shape index (κ3) is 17.8. The van der Waals surface area contributed by atoms with Crippen molar-refractivity contribution < 1.29 is 28.7 Å². The predicted octanol–water partition coefficient (Wildman–Crippen LogP) is 8.14. The molecule has 0 aromatic carbocycles. The van der Waals surface area contributed by atoms with Crippen LogP contribution in [0.5, 0.6) is 0 Å². The number of carbonyl (C=O) groups is 1. The van der Waals surface area contributed by atoms with Crippen LogP contribution in [-0.4, -0.2) is 35.4 Å². The van der Waals surface area contributed by atoms with Gasteiger partial charge in [0.15, 0.2) is 6.29 Å². The van der Waals surface area contributed by atoms with Gasteiger partial charge in [-0.15, -0.1) is 12.6 Å². The summed E-state index contributed by atoms with van der Waals surface area (Å²) in [6.45, 7) is 6.30. The van der Waals surface area contributed by atoms with E-state index >= 15 is 0 Å². The highest BCUT2D eigenvalue weighted by Crippen LogP contribution is 2.30. The summed E-state index contributed by atoms with van der Waals surface area (Å²) in [5, 5.41) is 10.2. The van der Waals surface area contributed by atoms with Crippen molar-refractivity contribution in [2.24, 2.45) is 5.92 Å². The Kier molecular flexibility index (Phi) is 22.8. The van der Waals surface area contributed by atoms with Gasteiger partial charge in [0.05, 0.1) is 7.11 Å². The SMILES string of the molecule is CCCCCCCCCCCC(CCCCCCC)CC(S)OC(CC)OC(O)([PH+]=O)C(=O)OC. The third-order valence-corrected chi connectivity index (χ3v) is 7.44. The second kappa shape index (κ2) is 23.0. The van der Waals surface area contributed by atoms with Gasteiger partial charge in [-0.2, -0.15) is 0 Å². The molecule has 0 aliphatic carbocycles. The Balaban J connectivity index is 4.62. The Morgan fingerprint density at radius 3 is 1.71 bits per heavy atom. The van der Waals surface area contributed by atoms with Crippen molar-refractivity contribution >= 4 is 27.1 Å². The molecule has 0 aromatic rings.